The summed E-state index contributed by atoms with van der Waals surface area (Å²) in [7, 11) is 0. The molecule has 2 aromatic rings. The maximum absolute atomic E-state index is 11.6. The van der Waals surface area contributed by atoms with Gasteiger partial charge in [0.25, 0.3) is 0 Å². The van der Waals surface area contributed by atoms with E-state index >= 15 is 0 Å². The van der Waals surface area contributed by atoms with Gasteiger partial charge in [0.15, 0.2) is 0 Å². The van der Waals surface area contributed by atoms with Crippen molar-refractivity contribution in [3.63, 3.8) is 0 Å². The molecule has 0 bridgehead atoms. The van der Waals surface area contributed by atoms with Crippen molar-refractivity contribution in [1.82, 2.24) is 9.19 Å². The normalized spacial score (nSPS) is 10.3. The van der Waals surface area contributed by atoms with Crippen LogP contribution in [0.4, 0.5) is 0 Å². The molecule has 2 rings (SSSR count). The third kappa shape index (κ3) is 3.55. The van der Waals surface area contributed by atoms with Crippen molar-refractivity contribution in [2.75, 3.05) is 6.61 Å². The number of rotatable bonds is 6. The Kier molecular flexibility index (Phi) is 5.08. The molecule has 0 radical (unpaired) electrons. The van der Waals surface area contributed by atoms with Gasteiger partial charge in [-0.2, -0.15) is 0 Å². The van der Waals surface area contributed by atoms with Gasteiger partial charge in [-0.25, -0.2) is 4.09 Å². The molecule has 0 atom stereocenters. The SMILES string of the molecule is CCOc1cccc(C(=O)Br)c1COc1ccn(S)n1. The number of carbonyl (C=O) groups is 1. The highest BCUT2D eigenvalue weighted by molar-refractivity contribution is 9.18. The molecule has 0 fully saturated rings. The van der Waals surface area contributed by atoms with E-state index in [1.165, 1.54) is 4.09 Å². The number of hydrogen-bond acceptors (Lipinski definition) is 5. The molecule has 0 amide bonds. The van der Waals surface area contributed by atoms with Crippen LogP contribution in [0.1, 0.15) is 22.8 Å². The average molecular weight is 357 g/mol. The van der Waals surface area contributed by atoms with Crippen LogP contribution in [0.25, 0.3) is 0 Å². The molecule has 0 aliphatic rings. The van der Waals surface area contributed by atoms with E-state index in [1.807, 2.05) is 6.92 Å². The summed E-state index contributed by atoms with van der Waals surface area (Å²) < 4.78 is 12.2. The highest BCUT2D eigenvalue weighted by Crippen LogP contribution is 2.26. The lowest BCUT2D eigenvalue weighted by molar-refractivity contribution is 0.109. The van der Waals surface area contributed by atoms with Crippen LogP contribution in [0, 0.1) is 0 Å². The molecule has 106 valence electrons. The Bertz CT molecular complexity index is 615. The van der Waals surface area contributed by atoms with Crippen LogP contribution in [0.3, 0.4) is 0 Å². The third-order valence-electron chi connectivity index (χ3n) is 2.56. The summed E-state index contributed by atoms with van der Waals surface area (Å²) in [4.78, 5) is 11.6. The minimum Gasteiger partial charge on any atom is -0.493 e. The van der Waals surface area contributed by atoms with Gasteiger partial charge in [0.2, 0.25) is 10.6 Å². The van der Waals surface area contributed by atoms with Crippen molar-refractivity contribution in [3.05, 3.63) is 41.6 Å². The summed E-state index contributed by atoms with van der Waals surface area (Å²) in [6.07, 6.45) is 1.66. The van der Waals surface area contributed by atoms with Gasteiger partial charge in [-0.3, -0.25) is 4.79 Å². The minimum absolute atomic E-state index is 0.188. The zero-order chi connectivity index (χ0) is 14.5. The molecule has 7 heteroatoms. The Morgan fingerprint density at radius 3 is 2.80 bits per heavy atom. The fraction of sp³-hybridized carbons (Fsp3) is 0.231. The van der Waals surface area contributed by atoms with Gasteiger partial charge in [-0.1, -0.05) is 6.07 Å². The van der Waals surface area contributed by atoms with E-state index in [0.717, 1.165) is 0 Å². The Hall–Kier alpha value is -1.47. The smallest absolute Gasteiger partial charge is 0.234 e. The first-order chi connectivity index (χ1) is 9.61. The second-order valence-corrected chi connectivity index (χ2v) is 4.98. The second-order valence-electron chi connectivity index (χ2n) is 3.85. The quantitative estimate of drug-likeness (QED) is 0.638. The molecule has 20 heavy (non-hydrogen) atoms. The second kappa shape index (κ2) is 6.81. The molecule has 0 saturated heterocycles. The minimum atomic E-state index is -0.211. The number of aromatic nitrogens is 2. The number of halogens is 1. The Morgan fingerprint density at radius 1 is 1.40 bits per heavy atom. The lowest BCUT2D eigenvalue weighted by Crippen LogP contribution is -2.06. The monoisotopic (exact) mass is 356 g/mol. The van der Waals surface area contributed by atoms with Gasteiger partial charge in [-0.05, 0) is 47.8 Å². The van der Waals surface area contributed by atoms with Crippen molar-refractivity contribution >= 4 is 33.4 Å². The number of nitrogens with zero attached hydrogens (tertiary/aromatic N) is 2. The molecule has 0 aliphatic carbocycles. The molecule has 0 aliphatic heterocycles. The number of hydrogen-bond donors (Lipinski definition) is 1. The van der Waals surface area contributed by atoms with Crippen molar-refractivity contribution < 1.29 is 14.3 Å². The van der Waals surface area contributed by atoms with Crippen LogP contribution in [-0.2, 0) is 6.61 Å². The van der Waals surface area contributed by atoms with E-state index in [9.17, 15) is 4.79 Å². The number of thiol groups is 1. The Morgan fingerprint density at radius 2 is 2.20 bits per heavy atom. The maximum Gasteiger partial charge on any atom is 0.234 e. The molecule has 1 aromatic heterocycles. The van der Waals surface area contributed by atoms with Crippen molar-refractivity contribution in [1.29, 1.82) is 0 Å². The lowest BCUT2D eigenvalue weighted by atomic mass is 10.1. The molecule has 1 aromatic carbocycles. The van der Waals surface area contributed by atoms with Crippen molar-refractivity contribution in [2.24, 2.45) is 0 Å². The molecule has 1 heterocycles. The molecule has 0 saturated carbocycles. The fourth-order valence-corrected chi connectivity index (χ4v) is 2.24. The average Bonchev–Trinajstić information content (AvgIpc) is 2.83. The molecule has 0 N–H and O–H groups in total. The molecule has 5 nitrogen and oxygen atoms in total. The predicted molar refractivity (Wildman–Crippen MR) is 81.8 cm³/mol. The molecule has 0 unspecified atom stereocenters. The highest BCUT2D eigenvalue weighted by atomic mass is 79.9. The first kappa shape index (κ1) is 14.9. The van der Waals surface area contributed by atoms with Crippen molar-refractivity contribution in [3.8, 4) is 11.6 Å². The summed E-state index contributed by atoms with van der Waals surface area (Å²) >= 11 is 7.00. The zero-order valence-electron chi connectivity index (χ0n) is 10.7. The highest BCUT2D eigenvalue weighted by Gasteiger charge is 2.15. The van der Waals surface area contributed by atoms with Gasteiger partial charge >= 0.3 is 0 Å². The van der Waals surface area contributed by atoms with Crippen LogP contribution < -0.4 is 9.47 Å². The topological polar surface area (TPSA) is 53.4 Å². The van der Waals surface area contributed by atoms with Gasteiger partial charge in [-0.15, -0.1) is 5.10 Å². The van der Waals surface area contributed by atoms with Crippen LogP contribution in [0.15, 0.2) is 30.5 Å². The largest absolute Gasteiger partial charge is 0.493 e. The van der Waals surface area contributed by atoms with E-state index < -0.39 is 0 Å². The summed E-state index contributed by atoms with van der Waals surface area (Å²) in [6, 6.07) is 6.98. The summed E-state index contributed by atoms with van der Waals surface area (Å²) in [5.41, 5.74) is 1.20. The van der Waals surface area contributed by atoms with Crippen LogP contribution in [0.2, 0.25) is 0 Å². The number of carbonyl (C=O) groups excluding carboxylic acids is 1. The van der Waals surface area contributed by atoms with Crippen LogP contribution in [0.5, 0.6) is 11.6 Å². The standard InChI is InChI=1S/C13H13BrN2O3S/c1-2-18-11-5-3-4-9(13(14)17)10(11)8-19-12-6-7-16(20)15-12/h3-7,20H,2,8H2,1H3. The third-order valence-corrected chi connectivity index (χ3v) is 3.21. The van der Waals surface area contributed by atoms with Crippen molar-refractivity contribution in [2.45, 2.75) is 13.5 Å². The fourth-order valence-electron chi connectivity index (χ4n) is 1.71. The van der Waals surface area contributed by atoms with E-state index in [-0.39, 0.29) is 11.3 Å². The number of benzene rings is 1. The first-order valence-corrected chi connectivity index (χ1v) is 7.13. The zero-order valence-corrected chi connectivity index (χ0v) is 13.2. The van der Waals surface area contributed by atoms with Gasteiger partial charge in [0.1, 0.15) is 12.4 Å². The summed E-state index contributed by atoms with van der Waals surface area (Å²) in [5, 5.41) is 4.00. The predicted octanol–water partition coefficient (Wildman–Crippen LogP) is 3.09. The molecule has 0 spiro atoms. The summed E-state index contributed by atoms with van der Waals surface area (Å²) in [6.45, 7) is 2.58. The van der Waals surface area contributed by atoms with E-state index in [1.54, 1.807) is 30.5 Å². The van der Waals surface area contributed by atoms with Crippen LogP contribution >= 0.6 is 28.7 Å². The maximum atomic E-state index is 11.6. The van der Waals surface area contributed by atoms with Gasteiger partial charge in [0.05, 0.1) is 6.61 Å². The molecular formula is C13H13BrN2O3S. The van der Waals surface area contributed by atoms with E-state index in [0.29, 0.717) is 29.4 Å². The van der Waals surface area contributed by atoms with Crippen LogP contribution in [-0.4, -0.2) is 20.5 Å². The van der Waals surface area contributed by atoms with E-state index in [2.05, 4.69) is 33.8 Å². The van der Waals surface area contributed by atoms with Gasteiger partial charge in [0, 0.05) is 23.4 Å². The Labute approximate surface area is 130 Å². The first-order valence-electron chi connectivity index (χ1n) is 5.94. The summed E-state index contributed by atoms with van der Waals surface area (Å²) in [5.74, 6) is 1.06. The lowest BCUT2D eigenvalue weighted by Gasteiger charge is -2.13. The molecular weight excluding hydrogens is 344 g/mol. The Balaban J connectivity index is 2.25. The van der Waals surface area contributed by atoms with Gasteiger partial charge < -0.3 is 9.47 Å². The number of ether oxygens (including phenoxy) is 2. The van der Waals surface area contributed by atoms with E-state index in [4.69, 9.17) is 9.47 Å².